The van der Waals surface area contributed by atoms with E-state index in [0.717, 1.165) is 16.8 Å². The van der Waals surface area contributed by atoms with Gasteiger partial charge >= 0.3 is 0 Å². The Morgan fingerprint density at radius 1 is 1.47 bits per heavy atom. The van der Waals surface area contributed by atoms with Crippen LogP contribution in [-0.2, 0) is 4.79 Å². The highest BCUT2D eigenvalue weighted by atomic mass is 16.1. The molecule has 0 unspecified atom stereocenters. The van der Waals surface area contributed by atoms with Crippen LogP contribution in [-0.4, -0.2) is 12.5 Å². The van der Waals surface area contributed by atoms with E-state index in [4.69, 9.17) is 5.73 Å². The lowest BCUT2D eigenvalue weighted by Gasteiger charge is -2.09. The Morgan fingerprint density at radius 3 is 2.71 bits per heavy atom. The molecule has 0 aliphatic heterocycles. The van der Waals surface area contributed by atoms with Crippen LogP contribution in [0.2, 0.25) is 0 Å². The topological polar surface area (TPSA) is 55.1 Å². The van der Waals surface area contributed by atoms with Crippen LogP contribution in [0.1, 0.15) is 25.0 Å². The van der Waals surface area contributed by atoms with Gasteiger partial charge in [-0.1, -0.05) is 25.7 Å². The van der Waals surface area contributed by atoms with Gasteiger partial charge in [0, 0.05) is 17.2 Å². The number of anilines is 1. The summed E-state index contributed by atoms with van der Waals surface area (Å²) in [5.74, 6) is 5.80. The second-order valence-corrected chi connectivity index (χ2v) is 4.18. The minimum atomic E-state index is -0.0213. The Labute approximate surface area is 102 Å². The first-order valence-corrected chi connectivity index (χ1v) is 5.65. The lowest BCUT2D eigenvalue weighted by atomic mass is 10.1. The van der Waals surface area contributed by atoms with Gasteiger partial charge in [0.25, 0.3) is 0 Å². The summed E-state index contributed by atoms with van der Waals surface area (Å²) in [6.07, 6.45) is 0. The van der Waals surface area contributed by atoms with E-state index in [0.29, 0.717) is 6.54 Å². The first-order chi connectivity index (χ1) is 8.04. The highest BCUT2D eigenvalue weighted by Crippen LogP contribution is 2.15. The van der Waals surface area contributed by atoms with Gasteiger partial charge in [0.2, 0.25) is 5.91 Å². The fraction of sp³-hybridized carbons (Fsp3) is 0.357. The number of nitrogens with two attached hydrogens (primary N) is 1. The molecule has 0 saturated heterocycles. The smallest absolute Gasteiger partial charge is 0.226 e. The van der Waals surface area contributed by atoms with E-state index in [9.17, 15) is 4.79 Å². The predicted octanol–water partition coefficient (Wildman–Crippen LogP) is 1.90. The molecule has 3 heteroatoms. The summed E-state index contributed by atoms with van der Waals surface area (Å²) in [4.78, 5) is 11.5. The van der Waals surface area contributed by atoms with Gasteiger partial charge in [-0.25, -0.2) is 0 Å². The van der Waals surface area contributed by atoms with Crippen molar-refractivity contribution in [2.24, 2.45) is 11.7 Å². The monoisotopic (exact) mass is 230 g/mol. The average Bonchev–Trinajstić information content (AvgIpc) is 2.28. The fourth-order valence-electron chi connectivity index (χ4n) is 1.31. The predicted molar refractivity (Wildman–Crippen MR) is 70.6 cm³/mol. The van der Waals surface area contributed by atoms with E-state index in [1.165, 1.54) is 0 Å². The first kappa shape index (κ1) is 13.3. The van der Waals surface area contributed by atoms with Gasteiger partial charge < -0.3 is 11.1 Å². The van der Waals surface area contributed by atoms with Crippen molar-refractivity contribution in [2.45, 2.75) is 20.8 Å². The fourth-order valence-corrected chi connectivity index (χ4v) is 1.31. The van der Waals surface area contributed by atoms with Crippen molar-refractivity contribution in [3.63, 3.8) is 0 Å². The quantitative estimate of drug-likeness (QED) is 0.762. The van der Waals surface area contributed by atoms with E-state index in [1.807, 2.05) is 39.0 Å². The summed E-state index contributed by atoms with van der Waals surface area (Å²) >= 11 is 0. The molecule has 3 nitrogen and oxygen atoms in total. The molecule has 0 saturated carbocycles. The minimum absolute atomic E-state index is 0.0187. The van der Waals surface area contributed by atoms with Crippen molar-refractivity contribution < 1.29 is 4.79 Å². The highest BCUT2D eigenvalue weighted by molar-refractivity contribution is 5.92. The number of rotatable bonds is 2. The first-order valence-electron chi connectivity index (χ1n) is 5.65. The van der Waals surface area contributed by atoms with Gasteiger partial charge in [-0.3, -0.25) is 4.79 Å². The number of hydrogen-bond acceptors (Lipinski definition) is 2. The summed E-state index contributed by atoms with van der Waals surface area (Å²) in [5.41, 5.74) is 8.11. The van der Waals surface area contributed by atoms with Crippen molar-refractivity contribution in [3.05, 3.63) is 29.3 Å². The Morgan fingerprint density at radius 2 is 2.18 bits per heavy atom. The third kappa shape index (κ3) is 3.93. The van der Waals surface area contributed by atoms with Crippen LogP contribution in [0.15, 0.2) is 18.2 Å². The van der Waals surface area contributed by atoms with Crippen molar-refractivity contribution in [1.82, 2.24) is 0 Å². The van der Waals surface area contributed by atoms with Crippen molar-refractivity contribution in [1.29, 1.82) is 0 Å². The molecular weight excluding hydrogens is 212 g/mol. The van der Waals surface area contributed by atoms with Gasteiger partial charge in [-0.15, -0.1) is 0 Å². The molecule has 0 atom stereocenters. The molecule has 1 aromatic rings. The molecule has 90 valence electrons. The lowest BCUT2D eigenvalue weighted by molar-refractivity contribution is -0.118. The number of hydrogen-bond donors (Lipinski definition) is 2. The van der Waals surface area contributed by atoms with Gasteiger partial charge in [0.15, 0.2) is 0 Å². The molecule has 0 aliphatic rings. The summed E-state index contributed by atoms with van der Waals surface area (Å²) in [6.45, 7) is 6.05. The summed E-state index contributed by atoms with van der Waals surface area (Å²) in [7, 11) is 0. The molecule has 0 fully saturated rings. The third-order valence-electron chi connectivity index (χ3n) is 2.34. The van der Waals surface area contributed by atoms with Gasteiger partial charge in [-0.2, -0.15) is 0 Å². The number of aryl methyl sites for hydroxylation is 1. The Bertz CT molecular complexity index is 467. The molecular formula is C14H18N2O. The molecule has 0 radical (unpaired) electrons. The lowest BCUT2D eigenvalue weighted by Crippen LogP contribution is -2.17. The van der Waals surface area contributed by atoms with Crippen LogP contribution in [0.3, 0.4) is 0 Å². The number of benzene rings is 1. The second kappa shape index (κ2) is 6.07. The zero-order valence-corrected chi connectivity index (χ0v) is 10.5. The molecule has 1 aromatic carbocycles. The Balaban J connectivity index is 2.86. The normalized spacial score (nSPS) is 9.71. The van der Waals surface area contributed by atoms with Crippen molar-refractivity contribution in [2.75, 3.05) is 11.9 Å². The van der Waals surface area contributed by atoms with Crippen LogP contribution < -0.4 is 11.1 Å². The molecule has 1 amide bonds. The second-order valence-electron chi connectivity index (χ2n) is 4.18. The van der Waals surface area contributed by atoms with Crippen LogP contribution in [0.25, 0.3) is 0 Å². The van der Waals surface area contributed by atoms with Gasteiger partial charge in [0.1, 0.15) is 0 Å². The largest absolute Gasteiger partial charge is 0.326 e. The van der Waals surface area contributed by atoms with E-state index < -0.39 is 0 Å². The number of amides is 1. The number of carbonyl (C=O) groups excluding carboxylic acids is 1. The van der Waals surface area contributed by atoms with E-state index in [2.05, 4.69) is 17.2 Å². The van der Waals surface area contributed by atoms with Crippen LogP contribution >= 0.6 is 0 Å². The third-order valence-corrected chi connectivity index (χ3v) is 2.34. The molecule has 0 aromatic heterocycles. The minimum Gasteiger partial charge on any atom is -0.326 e. The molecule has 0 heterocycles. The zero-order chi connectivity index (χ0) is 12.8. The summed E-state index contributed by atoms with van der Waals surface area (Å²) in [6, 6.07) is 5.67. The number of nitrogens with one attached hydrogen (secondary N) is 1. The molecule has 0 spiro atoms. The summed E-state index contributed by atoms with van der Waals surface area (Å²) in [5, 5.41) is 2.85. The van der Waals surface area contributed by atoms with E-state index >= 15 is 0 Å². The maximum Gasteiger partial charge on any atom is 0.226 e. The molecule has 1 rings (SSSR count). The summed E-state index contributed by atoms with van der Waals surface area (Å²) < 4.78 is 0. The van der Waals surface area contributed by atoms with Crippen molar-refractivity contribution in [3.8, 4) is 11.8 Å². The SMILES string of the molecule is Cc1cc(NC(=O)C(C)C)ccc1C#CCN. The molecule has 0 bridgehead atoms. The van der Waals surface area contributed by atoms with Crippen LogP contribution in [0, 0.1) is 24.7 Å². The zero-order valence-electron chi connectivity index (χ0n) is 10.5. The highest BCUT2D eigenvalue weighted by Gasteiger charge is 2.07. The van der Waals surface area contributed by atoms with Crippen LogP contribution in [0.5, 0.6) is 0 Å². The van der Waals surface area contributed by atoms with Gasteiger partial charge in [-0.05, 0) is 30.7 Å². The Kier molecular flexibility index (Phi) is 4.74. The average molecular weight is 230 g/mol. The maximum atomic E-state index is 11.5. The van der Waals surface area contributed by atoms with Gasteiger partial charge in [0.05, 0.1) is 6.54 Å². The molecule has 0 aliphatic carbocycles. The maximum absolute atomic E-state index is 11.5. The van der Waals surface area contributed by atoms with Crippen molar-refractivity contribution >= 4 is 11.6 Å². The molecule has 17 heavy (non-hydrogen) atoms. The van der Waals surface area contributed by atoms with Crippen LogP contribution in [0.4, 0.5) is 5.69 Å². The van der Waals surface area contributed by atoms with E-state index in [1.54, 1.807) is 0 Å². The molecule has 3 N–H and O–H groups in total. The number of carbonyl (C=O) groups is 1. The van der Waals surface area contributed by atoms with E-state index in [-0.39, 0.29) is 11.8 Å². The standard InChI is InChI=1S/C14H18N2O/c1-10(2)14(17)16-13-7-6-12(5-4-8-15)11(3)9-13/h6-7,9-10H,8,15H2,1-3H3,(H,16,17). The Hall–Kier alpha value is -1.79.